The summed E-state index contributed by atoms with van der Waals surface area (Å²) in [5.41, 5.74) is 4.84. The molecule has 1 saturated carbocycles. The van der Waals surface area contributed by atoms with Gasteiger partial charge in [0.2, 0.25) is 11.8 Å². The number of hydrogen-bond acceptors (Lipinski definition) is 10. The highest BCUT2D eigenvalue weighted by Crippen LogP contribution is 2.51. The number of rotatable bonds is 20. The molecule has 1 fully saturated rings. The van der Waals surface area contributed by atoms with Gasteiger partial charge in [-0.25, -0.2) is 14.4 Å². The molecule has 44 heavy (non-hydrogen) atoms. The lowest BCUT2D eigenvalue weighted by Crippen LogP contribution is -2.50. The van der Waals surface area contributed by atoms with Gasteiger partial charge >= 0.3 is 17.9 Å². The van der Waals surface area contributed by atoms with Crippen LogP contribution in [0.25, 0.3) is 0 Å². The van der Waals surface area contributed by atoms with Crippen molar-refractivity contribution in [1.82, 2.24) is 10.6 Å². The second-order valence-corrected chi connectivity index (χ2v) is 13.9. The minimum atomic E-state index is -1.26. The Morgan fingerprint density at radius 3 is 2.39 bits per heavy atom. The smallest absolute Gasteiger partial charge is 0.352 e. The van der Waals surface area contributed by atoms with Crippen molar-refractivity contribution >= 4 is 65.3 Å². The number of nitrogens with zero attached hydrogens (tertiary/aromatic N) is 2. The van der Waals surface area contributed by atoms with E-state index >= 15 is 0 Å². The molecule has 8 N–H and O–H groups in total. The molecule has 14 nitrogen and oxygen atoms in total. The number of nitrogens with one attached hydrogen (secondary N) is 2. The van der Waals surface area contributed by atoms with Crippen LogP contribution in [-0.4, -0.2) is 109 Å². The molecule has 1 heterocycles. The van der Waals surface area contributed by atoms with Gasteiger partial charge in [0.25, 0.3) is 0 Å². The fourth-order valence-electron chi connectivity index (χ4n) is 4.81. The molecule has 246 valence electrons. The third kappa shape index (κ3) is 11.4. The van der Waals surface area contributed by atoms with Crippen LogP contribution in [-0.2, 0) is 24.0 Å². The molecule has 1 aliphatic carbocycles. The highest BCUT2D eigenvalue weighted by molar-refractivity contribution is 8.00. The first-order valence-corrected chi connectivity index (χ1v) is 16.6. The molecule has 3 unspecified atom stereocenters. The number of aliphatic hydroxyl groups is 1. The third-order valence-electron chi connectivity index (χ3n) is 7.47. The van der Waals surface area contributed by atoms with Crippen molar-refractivity contribution < 1.29 is 44.4 Å². The summed E-state index contributed by atoms with van der Waals surface area (Å²) in [6.07, 6.45) is 3.96. The van der Waals surface area contributed by atoms with Crippen molar-refractivity contribution in [3.63, 3.8) is 0 Å². The van der Waals surface area contributed by atoms with Crippen molar-refractivity contribution in [2.24, 2.45) is 33.0 Å². The molecule has 0 spiro atoms. The van der Waals surface area contributed by atoms with Crippen LogP contribution >= 0.6 is 23.5 Å². The van der Waals surface area contributed by atoms with E-state index in [9.17, 15) is 44.4 Å². The summed E-state index contributed by atoms with van der Waals surface area (Å²) in [5.74, 6) is -4.99. The van der Waals surface area contributed by atoms with Crippen LogP contribution in [0.15, 0.2) is 21.8 Å². The Labute approximate surface area is 264 Å². The van der Waals surface area contributed by atoms with Crippen LogP contribution in [0.2, 0.25) is 0 Å². The Morgan fingerprint density at radius 2 is 1.84 bits per heavy atom. The third-order valence-corrected chi connectivity index (χ3v) is 9.86. The Balaban J connectivity index is 1.86. The number of nitrogens with two attached hydrogens (primary N) is 1. The van der Waals surface area contributed by atoms with Crippen molar-refractivity contribution in [2.75, 3.05) is 23.8 Å². The van der Waals surface area contributed by atoms with Gasteiger partial charge in [-0.3, -0.25) is 19.6 Å². The number of carboxylic acid groups (broad SMARTS) is 3. The Kier molecular flexibility index (Phi) is 14.7. The monoisotopic (exact) mass is 657 g/mol. The first-order chi connectivity index (χ1) is 20.7. The zero-order valence-electron chi connectivity index (χ0n) is 25.1. The molecular weight excluding hydrogens is 614 g/mol. The molecule has 0 saturated heterocycles. The highest BCUT2D eigenvalue weighted by Gasteiger charge is 2.50. The number of thioether (sulfide) groups is 2. The van der Waals surface area contributed by atoms with Gasteiger partial charge in [0.1, 0.15) is 17.5 Å². The fraction of sp³-hybridized carbons (Fsp3) is 0.679. The summed E-state index contributed by atoms with van der Waals surface area (Å²) in [4.78, 5) is 68.6. The fourth-order valence-corrected chi connectivity index (χ4v) is 7.00. The lowest BCUT2D eigenvalue weighted by molar-refractivity contribution is -0.142. The van der Waals surface area contributed by atoms with Gasteiger partial charge in [-0.05, 0) is 50.2 Å². The minimum absolute atomic E-state index is 0.0471. The summed E-state index contributed by atoms with van der Waals surface area (Å²) < 4.78 is 0. The minimum Gasteiger partial charge on any atom is -0.480 e. The maximum atomic E-state index is 13.1. The summed E-state index contributed by atoms with van der Waals surface area (Å²) in [6.45, 7) is 5.66. The Hall–Kier alpha value is -3.11. The van der Waals surface area contributed by atoms with E-state index in [1.807, 2.05) is 13.8 Å². The highest BCUT2D eigenvalue weighted by atomic mass is 32.2. The number of aliphatic hydroxyl groups excluding tert-OH is 1. The van der Waals surface area contributed by atoms with E-state index in [2.05, 4.69) is 20.6 Å². The number of aliphatic imine (C=N–C) groups is 2. The topological polar surface area (TPSA) is 241 Å². The molecule has 0 radical (unpaired) electrons. The van der Waals surface area contributed by atoms with E-state index in [1.54, 1.807) is 0 Å². The van der Waals surface area contributed by atoms with Crippen molar-refractivity contribution in [2.45, 2.75) is 76.3 Å². The number of allylic oxidation sites excluding steroid dienone is 1. The first kappa shape index (κ1) is 37.1. The lowest BCUT2D eigenvalue weighted by atomic mass is 9.91. The van der Waals surface area contributed by atoms with Gasteiger partial charge in [0.05, 0.1) is 29.7 Å². The van der Waals surface area contributed by atoms with Crippen molar-refractivity contribution in [3.8, 4) is 0 Å². The Bertz CT molecular complexity index is 1160. The summed E-state index contributed by atoms with van der Waals surface area (Å²) >= 11 is 2.60. The van der Waals surface area contributed by atoms with Crippen molar-refractivity contribution in [3.05, 3.63) is 11.8 Å². The molecule has 2 aliphatic rings. The molecule has 6 atom stereocenters. The number of amides is 2. The average molecular weight is 658 g/mol. The number of hydrogen-bond donors (Lipinski definition) is 7. The van der Waals surface area contributed by atoms with Gasteiger partial charge in [-0.2, -0.15) is 11.8 Å². The van der Waals surface area contributed by atoms with Crippen LogP contribution in [0.5, 0.6) is 0 Å². The van der Waals surface area contributed by atoms with Crippen LogP contribution in [0.3, 0.4) is 0 Å². The zero-order valence-corrected chi connectivity index (χ0v) is 26.7. The number of unbranched alkanes of at least 4 members (excludes halogenated alkanes) is 2. The van der Waals surface area contributed by atoms with Gasteiger partial charge in [0.15, 0.2) is 0 Å². The first-order valence-electron chi connectivity index (χ1n) is 14.4. The van der Waals surface area contributed by atoms with Gasteiger partial charge in [-0.15, -0.1) is 11.8 Å². The SMILES string of the molecule is C[C@@H](O)[C@@H](C(=O)NC(CSCCCC/C=C(/NC(=O)C1CC1(C)C)C(=O)O)C(=O)O)[C@H]1CC(SCCN=CN)C(C(=O)O)=N1. The Morgan fingerprint density at radius 1 is 1.16 bits per heavy atom. The van der Waals surface area contributed by atoms with Crippen molar-refractivity contribution in [1.29, 1.82) is 0 Å². The van der Waals surface area contributed by atoms with E-state index in [-0.39, 0.29) is 40.8 Å². The molecular formula is C28H43N5O9S2. The molecule has 2 rings (SSSR count). The maximum absolute atomic E-state index is 13.1. The number of carbonyl (C=O) groups excluding carboxylic acids is 2. The van der Waals surface area contributed by atoms with E-state index in [0.29, 0.717) is 43.7 Å². The van der Waals surface area contributed by atoms with Gasteiger partial charge in [0, 0.05) is 24.0 Å². The summed E-state index contributed by atoms with van der Waals surface area (Å²) in [6, 6.07) is -2.10. The molecule has 0 aromatic rings. The molecule has 0 aromatic heterocycles. The summed E-state index contributed by atoms with van der Waals surface area (Å²) in [7, 11) is 0. The van der Waals surface area contributed by atoms with Crippen LogP contribution < -0.4 is 16.4 Å². The maximum Gasteiger partial charge on any atom is 0.352 e. The second-order valence-electron chi connectivity index (χ2n) is 11.4. The molecule has 0 aromatic carbocycles. The number of aliphatic carboxylic acids is 3. The van der Waals surface area contributed by atoms with Gasteiger partial charge in [-0.1, -0.05) is 19.9 Å². The predicted molar refractivity (Wildman–Crippen MR) is 169 cm³/mol. The largest absolute Gasteiger partial charge is 0.480 e. The normalized spacial score (nSPS) is 23.0. The summed E-state index contributed by atoms with van der Waals surface area (Å²) in [5, 5.41) is 43.5. The van der Waals surface area contributed by atoms with E-state index < -0.39 is 53.2 Å². The second kappa shape index (κ2) is 17.4. The van der Waals surface area contributed by atoms with E-state index in [1.165, 1.54) is 36.5 Å². The van der Waals surface area contributed by atoms with Crippen LogP contribution in [0.4, 0.5) is 0 Å². The quantitative estimate of drug-likeness (QED) is 0.0419. The van der Waals surface area contributed by atoms with Crippen LogP contribution in [0.1, 0.15) is 52.9 Å². The number of carboxylic acids is 3. The predicted octanol–water partition coefficient (Wildman–Crippen LogP) is 0.974. The molecule has 16 heteroatoms. The molecule has 2 amide bonds. The zero-order chi connectivity index (χ0) is 33.0. The van der Waals surface area contributed by atoms with E-state index in [4.69, 9.17) is 5.73 Å². The van der Waals surface area contributed by atoms with Gasteiger partial charge < -0.3 is 36.8 Å². The molecule has 0 bridgehead atoms. The average Bonchev–Trinajstić information content (AvgIpc) is 3.38. The van der Waals surface area contributed by atoms with E-state index in [0.717, 1.165) is 6.34 Å². The standard InChI is InChI=1S/C28H43N5O9S2/c1-15(34)21(18-11-20(22(31-18)27(41)42)44-10-8-30-14-29)24(36)33-19(26(39)40)13-43-9-6-4-5-7-17(25(37)38)32-23(35)16-12-28(16,2)3/h7,14-16,18-21,34H,4-6,8-13H2,1-3H3,(H2,29,30)(H,32,35)(H,33,36)(H,37,38)(H,39,40)(H,41,42)/b17-7+/t15-,16?,18-,19?,20?,21-/m1/s1. The van der Waals surface area contributed by atoms with Crippen LogP contribution in [0, 0.1) is 17.3 Å². The number of carbonyl (C=O) groups is 5. The lowest BCUT2D eigenvalue weighted by Gasteiger charge is -2.25. The molecule has 1 aliphatic heterocycles.